The van der Waals surface area contributed by atoms with Crippen molar-refractivity contribution in [2.45, 2.75) is 20.5 Å². The summed E-state index contributed by atoms with van der Waals surface area (Å²) in [5, 5.41) is 14.9. The molecule has 0 atom stereocenters. The van der Waals surface area contributed by atoms with Crippen LogP contribution >= 0.6 is 0 Å². The molecule has 0 saturated heterocycles. The van der Waals surface area contributed by atoms with Gasteiger partial charge in [-0.15, -0.1) is 0 Å². The Kier molecular flexibility index (Phi) is 6.03. The smallest absolute Gasteiger partial charge is 0.178 e. The molecule has 1 aromatic heterocycles. The van der Waals surface area contributed by atoms with Gasteiger partial charge < -0.3 is 23.8 Å². The fourth-order valence-electron chi connectivity index (χ4n) is 3.53. The fourth-order valence-corrected chi connectivity index (χ4v) is 3.53. The van der Waals surface area contributed by atoms with E-state index in [2.05, 4.69) is 5.16 Å². The fraction of sp³-hybridized carbons (Fsp3) is 0.192. The molecule has 3 aromatic carbocycles. The normalized spacial score (nSPS) is 10.8. The van der Waals surface area contributed by atoms with E-state index in [1.165, 1.54) is 5.56 Å². The standard InChI is InChI=1S/C26H25NO5/c1-16-5-7-18(8-6-16)15-31-20-10-11-21(22(28)14-20)26-25(17(2)27-32-26)19-9-12-23(29-3)24(13-19)30-4/h5-14,28H,15H2,1-4H3. The van der Waals surface area contributed by atoms with Gasteiger partial charge in [-0.2, -0.15) is 0 Å². The number of aromatic nitrogens is 1. The van der Waals surface area contributed by atoms with Crippen molar-refractivity contribution in [2.75, 3.05) is 14.2 Å². The minimum absolute atomic E-state index is 0.0456. The number of hydrogen-bond acceptors (Lipinski definition) is 6. The number of phenols is 1. The molecule has 6 heteroatoms. The molecule has 4 rings (SSSR count). The predicted octanol–water partition coefficient (Wildman–Crippen LogP) is 5.93. The van der Waals surface area contributed by atoms with Gasteiger partial charge in [-0.25, -0.2) is 0 Å². The van der Waals surface area contributed by atoms with Crippen LogP contribution in [0, 0.1) is 13.8 Å². The minimum atomic E-state index is 0.0456. The third kappa shape index (κ3) is 4.25. The number of hydrogen-bond donors (Lipinski definition) is 1. The number of aryl methyl sites for hydroxylation is 2. The summed E-state index contributed by atoms with van der Waals surface area (Å²) in [6, 6.07) is 18.9. The molecule has 0 aliphatic heterocycles. The average Bonchev–Trinajstić information content (AvgIpc) is 3.19. The van der Waals surface area contributed by atoms with Crippen LogP contribution in [-0.4, -0.2) is 24.5 Å². The van der Waals surface area contributed by atoms with Crippen LogP contribution in [0.5, 0.6) is 23.0 Å². The van der Waals surface area contributed by atoms with Crippen molar-refractivity contribution >= 4 is 0 Å². The molecule has 0 fully saturated rings. The van der Waals surface area contributed by atoms with E-state index in [-0.39, 0.29) is 5.75 Å². The van der Waals surface area contributed by atoms with Crippen molar-refractivity contribution in [1.29, 1.82) is 0 Å². The zero-order valence-electron chi connectivity index (χ0n) is 18.5. The average molecular weight is 431 g/mol. The number of ether oxygens (including phenoxy) is 3. The Bertz CT molecular complexity index is 1230. The number of rotatable bonds is 7. The third-order valence-corrected chi connectivity index (χ3v) is 5.27. The summed E-state index contributed by atoms with van der Waals surface area (Å²) >= 11 is 0. The summed E-state index contributed by atoms with van der Waals surface area (Å²) in [5.74, 6) is 2.31. The van der Waals surface area contributed by atoms with E-state index >= 15 is 0 Å². The highest BCUT2D eigenvalue weighted by Gasteiger charge is 2.21. The molecule has 0 radical (unpaired) electrons. The molecule has 0 bridgehead atoms. The molecule has 0 aliphatic carbocycles. The minimum Gasteiger partial charge on any atom is -0.507 e. The second-order valence-corrected chi connectivity index (χ2v) is 7.50. The number of phenolic OH excluding ortho intramolecular Hbond substituents is 1. The third-order valence-electron chi connectivity index (χ3n) is 5.27. The monoisotopic (exact) mass is 431 g/mol. The van der Waals surface area contributed by atoms with Crippen LogP contribution in [0.2, 0.25) is 0 Å². The molecule has 0 unspecified atom stereocenters. The Morgan fingerprint density at radius 3 is 2.31 bits per heavy atom. The molecule has 164 valence electrons. The van der Waals surface area contributed by atoms with Crippen LogP contribution in [0.25, 0.3) is 22.5 Å². The van der Waals surface area contributed by atoms with Gasteiger partial charge in [0.2, 0.25) is 0 Å². The first kappa shape index (κ1) is 21.3. The topological polar surface area (TPSA) is 74.0 Å². The lowest BCUT2D eigenvalue weighted by Crippen LogP contribution is -1.95. The highest BCUT2D eigenvalue weighted by Crippen LogP contribution is 2.42. The molecule has 0 amide bonds. The van der Waals surface area contributed by atoms with Gasteiger partial charge in [0.1, 0.15) is 18.1 Å². The van der Waals surface area contributed by atoms with E-state index in [1.807, 2.05) is 56.3 Å². The number of nitrogens with zero attached hydrogens (tertiary/aromatic N) is 1. The maximum absolute atomic E-state index is 10.7. The quantitative estimate of drug-likeness (QED) is 0.391. The summed E-state index contributed by atoms with van der Waals surface area (Å²) in [5.41, 5.74) is 5.10. The summed E-state index contributed by atoms with van der Waals surface area (Å²) < 4.78 is 22.2. The van der Waals surface area contributed by atoms with Crippen LogP contribution in [0.1, 0.15) is 16.8 Å². The molecular weight excluding hydrogens is 406 g/mol. The van der Waals surface area contributed by atoms with Crippen molar-refractivity contribution in [3.8, 4) is 45.4 Å². The van der Waals surface area contributed by atoms with Crippen LogP contribution in [0.4, 0.5) is 0 Å². The number of aromatic hydroxyl groups is 1. The molecular formula is C26H25NO5. The molecule has 0 saturated carbocycles. The van der Waals surface area contributed by atoms with Crippen molar-refractivity contribution in [1.82, 2.24) is 5.16 Å². The molecule has 6 nitrogen and oxygen atoms in total. The van der Waals surface area contributed by atoms with Crippen LogP contribution in [0.3, 0.4) is 0 Å². The number of benzene rings is 3. The van der Waals surface area contributed by atoms with E-state index in [4.69, 9.17) is 18.7 Å². The Balaban J connectivity index is 1.63. The molecule has 1 heterocycles. The van der Waals surface area contributed by atoms with E-state index in [9.17, 15) is 5.11 Å². The Morgan fingerprint density at radius 1 is 0.875 bits per heavy atom. The van der Waals surface area contributed by atoms with E-state index in [0.717, 1.165) is 16.7 Å². The van der Waals surface area contributed by atoms with Crippen molar-refractivity contribution in [3.05, 3.63) is 77.5 Å². The van der Waals surface area contributed by atoms with E-state index in [0.29, 0.717) is 40.9 Å². The first-order chi connectivity index (χ1) is 15.5. The molecule has 0 spiro atoms. The first-order valence-electron chi connectivity index (χ1n) is 10.2. The number of methoxy groups -OCH3 is 2. The molecule has 4 aromatic rings. The maximum Gasteiger partial charge on any atom is 0.178 e. The molecule has 0 aliphatic rings. The van der Waals surface area contributed by atoms with Crippen LogP contribution < -0.4 is 14.2 Å². The predicted molar refractivity (Wildman–Crippen MR) is 122 cm³/mol. The summed E-state index contributed by atoms with van der Waals surface area (Å²) in [4.78, 5) is 0. The van der Waals surface area contributed by atoms with Gasteiger partial charge in [-0.1, -0.05) is 41.1 Å². The second kappa shape index (κ2) is 9.06. The Morgan fingerprint density at radius 2 is 1.62 bits per heavy atom. The zero-order valence-corrected chi connectivity index (χ0v) is 18.5. The SMILES string of the molecule is COc1ccc(-c2c(C)noc2-c2ccc(OCc3ccc(C)cc3)cc2O)cc1OC. The van der Waals surface area contributed by atoms with Gasteiger partial charge in [0.25, 0.3) is 0 Å². The Labute approximate surface area is 187 Å². The van der Waals surface area contributed by atoms with E-state index < -0.39 is 0 Å². The van der Waals surface area contributed by atoms with Crippen LogP contribution in [0.15, 0.2) is 65.2 Å². The largest absolute Gasteiger partial charge is 0.507 e. The van der Waals surface area contributed by atoms with Crippen molar-refractivity contribution in [3.63, 3.8) is 0 Å². The second-order valence-electron chi connectivity index (χ2n) is 7.50. The first-order valence-corrected chi connectivity index (χ1v) is 10.2. The lowest BCUT2D eigenvalue weighted by atomic mass is 9.99. The highest BCUT2D eigenvalue weighted by molar-refractivity contribution is 5.84. The highest BCUT2D eigenvalue weighted by atomic mass is 16.5. The van der Waals surface area contributed by atoms with Crippen molar-refractivity contribution < 1.29 is 23.8 Å². The lowest BCUT2D eigenvalue weighted by Gasteiger charge is -2.11. The van der Waals surface area contributed by atoms with Crippen LogP contribution in [-0.2, 0) is 6.61 Å². The van der Waals surface area contributed by atoms with Gasteiger partial charge >= 0.3 is 0 Å². The lowest BCUT2D eigenvalue weighted by molar-refractivity contribution is 0.304. The van der Waals surface area contributed by atoms with Gasteiger partial charge in [0, 0.05) is 6.07 Å². The summed E-state index contributed by atoms with van der Waals surface area (Å²) in [6.45, 7) is 4.31. The molecule has 32 heavy (non-hydrogen) atoms. The molecule has 1 N–H and O–H groups in total. The van der Waals surface area contributed by atoms with Gasteiger partial charge in [-0.3, -0.25) is 0 Å². The maximum atomic E-state index is 10.7. The Hall–Kier alpha value is -3.93. The van der Waals surface area contributed by atoms with Gasteiger partial charge in [-0.05, 0) is 49.2 Å². The van der Waals surface area contributed by atoms with Gasteiger partial charge in [0.05, 0.1) is 31.0 Å². The van der Waals surface area contributed by atoms with Crippen molar-refractivity contribution in [2.24, 2.45) is 0 Å². The zero-order chi connectivity index (χ0) is 22.7. The summed E-state index contributed by atoms with van der Waals surface area (Å²) in [6.07, 6.45) is 0. The van der Waals surface area contributed by atoms with E-state index in [1.54, 1.807) is 32.4 Å². The van der Waals surface area contributed by atoms with Gasteiger partial charge in [0.15, 0.2) is 17.3 Å². The summed E-state index contributed by atoms with van der Waals surface area (Å²) in [7, 11) is 3.18.